The molecular weight excluding hydrogens is 176 g/mol. The van der Waals surface area contributed by atoms with E-state index >= 15 is 0 Å². The highest BCUT2D eigenvalue weighted by Crippen LogP contribution is 2.27. The minimum absolute atomic E-state index is 0.0390. The molecule has 0 aromatic carbocycles. The largest absolute Gasteiger partial charge is 0.381 e. The minimum atomic E-state index is -2.58. The highest BCUT2D eigenvalue weighted by molar-refractivity contribution is 4.75. The third-order valence-corrected chi connectivity index (χ3v) is 2.28. The molecule has 1 aliphatic rings. The molecule has 0 amide bonds. The molecule has 0 aromatic rings. The van der Waals surface area contributed by atoms with Crippen LogP contribution in [0.4, 0.5) is 8.78 Å². The highest BCUT2D eigenvalue weighted by atomic mass is 19.3. The molecular formula is C9H17F2NO. The van der Waals surface area contributed by atoms with Gasteiger partial charge in [-0.3, -0.25) is 0 Å². The normalized spacial score (nSPS) is 24.7. The average molecular weight is 193 g/mol. The molecule has 1 N–H and O–H groups in total. The molecule has 0 aromatic heterocycles. The Kier molecular flexibility index (Phi) is 4.06. The first-order valence-corrected chi connectivity index (χ1v) is 4.74. The number of ether oxygens (including phenoxy) is 1. The number of rotatable bonds is 4. The molecule has 1 unspecified atom stereocenters. The van der Waals surface area contributed by atoms with E-state index < -0.39 is 5.92 Å². The number of alkyl halides is 2. The lowest BCUT2D eigenvalue weighted by atomic mass is 9.95. The van der Waals surface area contributed by atoms with Gasteiger partial charge in [-0.25, -0.2) is 8.78 Å². The lowest BCUT2D eigenvalue weighted by molar-refractivity contribution is -0.0468. The predicted molar refractivity (Wildman–Crippen MR) is 47.0 cm³/mol. The van der Waals surface area contributed by atoms with Crippen LogP contribution in [0.15, 0.2) is 0 Å². The second-order valence-corrected chi connectivity index (χ2v) is 3.67. The topological polar surface area (TPSA) is 21.3 Å². The summed E-state index contributed by atoms with van der Waals surface area (Å²) in [6.45, 7) is 0.997. The number of nitrogens with one attached hydrogen (secondary N) is 1. The van der Waals surface area contributed by atoms with E-state index in [1.165, 1.54) is 0 Å². The van der Waals surface area contributed by atoms with Gasteiger partial charge in [-0.05, 0) is 25.8 Å². The summed E-state index contributed by atoms with van der Waals surface area (Å²) >= 11 is 0. The second-order valence-electron chi connectivity index (χ2n) is 3.67. The quantitative estimate of drug-likeness (QED) is 0.733. The van der Waals surface area contributed by atoms with Gasteiger partial charge in [0.2, 0.25) is 0 Å². The van der Waals surface area contributed by atoms with Gasteiger partial charge < -0.3 is 10.1 Å². The Balaban J connectivity index is 2.28. The van der Waals surface area contributed by atoms with Crippen LogP contribution in [-0.4, -0.2) is 32.7 Å². The molecule has 0 radical (unpaired) electrons. The second kappa shape index (κ2) is 4.86. The van der Waals surface area contributed by atoms with Crippen molar-refractivity contribution < 1.29 is 13.5 Å². The highest BCUT2D eigenvalue weighted by Gasteiger charge is 2.32. The maximum atomic E-state index is 13.1. The van der Waals surface area contributed by atoms with Gasteiger partial charge in [0.1, 0.15) is 0 Å². The maximum absolute atomic E-state index is 13.1. The van der Waals surface area contributed by atoms with Crippen molar-refractivity contribution in [2.45, 2.75) is 25.2 Å². The Morgan fingerprint density at radius 3 is 2.85 bits per heavy atom. The van der Waals surface area contributed by atoms with E-state index in [-0.39, 0.29) is 18.9 Å². The number of halogens is 2. The maximum Gasteiger partial charge on any atom is 0.260 e. The summed E-state index contributed by atoms with van der Waals surface area (Å²) in [4.78, 5) is 0. The van der Waals surface area contributed by atoms with E-state index in [9.17, 15) is 8.78 Å². The first-order valence-electron chi connectivity index (χ1n) is 4.74. The zero-order valence-corrected chi connectivity index (χ0v) is 7.98. The lowest BCUT2D eigenvalue weighted by Gasteiger charge is -2.26. The first-order chi connectivity index (χ1) is 6.14. The molecule has 1 rings (SSSR count). The van der Waals surface area contributed by atoms with Crippen molar-refractivity contribution >= 4 is 0 Å². The summed E-state index contributed by atoms with van der Waals surface area (Å²) in [7, 11) is 1.55. The van der Waals surface area contributed by atoms with Gasteiger partial charge in [-0.1, -0.05) is 0 Å². The molecule has 1 aliphatic heterocycles. The molecule has 1 heterocycles. The standard InChI is InChI=1S/C9H17F2NO/c1-12-7-9(10,11)5-8-3-2-4-13-6-8/h8,12H,2-7H2,1H3. The van der Waals surface area contributed by atoms with Crippen molar-refractivity contribution in [2.24, 2.45) is 5.92 Å². The SMILES string of the molecule is CNCC(F)(F)CC1CCCOC1. The molecule has 78 valence electrons. The van der Waals surface area contributed by atoms with E-state index in [1.807, 2.05) is 0 Å². The Morgan fingerprint density at radius 2 is 2.31 bits per heavy atom. The van der Waals surface area contributed by atoms with Crippen molar-refractivity contribution in [1.82, 2.24) is 5.32 Å². The van der Waals surface area contributed by atoms with Gasteiger partial charge in [0.05, 0.1) is 6.54 Å². The van der Waals surface area contributed by atoms with Gasteiger partial charge in [0.15, 0.2) is 0 Å². The minimum Gasteiger partial charge on any atom is -0.381 e. The van der Waals surface area contributed by atoms with E-state index in [0.717, 1.165) is 19.4 Å². The lowest BCUT2D eigenvalue weighted by Crippen LogP contribution is -2.34. The Labute approximate surface area is 77.6 Å². The van der Waals surface area contributed by atoms with Crippen LogP contribution < -0.4 is 5.32 Å². The summed E-state index contributed by atoms with van der Waals surface area (Å²) in [5, 5.41) is 2.51. The van der Waals surface area contributed by atoms with Crippen LogP contribution in [0.2, 0.25) is 0 Å². The van der Waals surface area contributed by atoms with E-state index in [4.69, 9.17) is 4.74 Å². The average Bonchev–Trinajstić information content (AvgIpc) is 2.04. The Bertz CT molecular complexity index is 147. The van der Waals surface area contributed by atoms with Gasteiger partial charge in [0.25, 0.3) is 5.92 Å². The van der Waals surface area contributed by atoms with Gasteiger partial charge in [-0.2, -0.15) is 0 Å². The van der Waals surface area contributed by atoms with Crippen LogP contribution >= 0.6 is 0 Å². The third kappa shape index (κ3) is 4.00. The van der Waals surface area contributed by atoms with Crippen LogP contribution in [-0.2, 0) is 4.74 Å². The van der Waals surface area contributed by atoms with Gasteiger partial charge in [-0.15, -0.1) is 0 Å². The molecule has 0 aliphatic carbocycles. The van der Waals surface area contributed by atoms with Crippen molar-refractivity contribution in [3.8, 4) is 0 Å². The Morgan fingerprint density at radius 1 is 1.54 bits per heavy atom. The monoisotopic (exact) mass is 193 g/mol. The van der Waals surface area contributed by atoms with Crippen LogP contribution in [0.25, 0.3) is 0 Å². The molecule has 1 fully saturated rings. The predicted octanol–water partition coefficient (Wildman–Crippen LogP) is 1.66. The number of hydrogen-bond donors (Lipinski definition) is 1. The first kappa shape index (κ1) is 10.9. The molecule has 4 heteroatoms. The van der Waals surface area contributed by atoms with Crippen molar-refractivity contribution in [3.05, 3.63) is 0 Å². The number of hydrogen-bond acceptors (Lipinski definition) is 2. The van der Waals surface area contributed by atoms with Crippen molar-refractivity contribution in [3.63, 3.8) is 0 Å². The van der Waals surface area contributed by atoms with Crippen molar-refractivity contribution in [1.29, 1.82) is 0 Å². The molecule has 13 heavy (non-hydrogen) atoms. The zero-order chi connectivity index (χ0) is 9.73. The molecule has 1 atom stereocenters. The van der Waals surface area contributed by atoms with E-state index in [1.54, 1.807) is 7.05 Å². The third-order valence-electron chi connectivity index (χ3n) is 2.28. The van der Waals surface area contributed by atoms with Crippen LogP contribution in [0.5, 0.6) is 0 Å². The fraction of sp³-hybridized carbons (Fsp3) is 1.00. The molecule has 0 bridgehead atoms. The fourth-order valence-corrected chi connectivity index (χ4v) is 1.72. The summed E-state index contributed by atoms with van der Waals surface area (Å²) in [5.41, 5.74) is 0. The summed E-state index contributed by atoms with van der Waals surface area (Å²) in [6.07, 6.45) is 1.74. The summed E-state index contributed by atoms with van der Waals surface area (Å²) in [5.74, 6) is -2.54. The summed E-state index contributed by atoms with van der Waals surface area (Å²) in [6, 6.07) is 0. The van der Waals surface area contributed by atoms with Gasteiger partial charge >= 0.3 is 0 Å². The van der Waals surface area contributed by atoms with Crippen LogP contribution in [0.1, 0.15) is 19.3 Å². The summed E-state index contributed by atoms with van der Waals surface area (Å²) < 4.78 is 31.3. The van der Waals surface area contributed by atoms with Crippen LogP contribution in [0, 0.1) is 5.92 Å². The molecule has 2 nitrogen and oxygen atoms in total. The van der Waals surface area contributed by atoms with E-state index in [2.05, 4.69) is 5.32 Å². The smallest absolute Gasteiger partial charge is 0.260 e. The molecule has 0 spiro atoms. The van der Waals surface area contributed by atoms with E-state index in [0.29, 0.717) is 6.61 Å². The fourth-order valence-electron chi connectivity index (χ4n) is 1.72. The van der Waals surface area contributed by atoms with Crippen LogP contribution in [0.3, 0.4) is 0 Å². The van der Waals surface area contributed by atoms with Gasteiger partial charge in [0, 0.05) is 19.6 Å². The van der Waals surface area contributed by atoms with Crippen molar-refractivity contribution in [2.75, 3.05) is 26.8 Å². The zero-order valence-electron chi connectivity index (χ0n) is 7.98. The Hall–Kier alpha value is -0.220. The molecule has 1 saturated heterocycles. The molecule has 0 saturated carbocycles.